The summed E-state index contributed by atoms with van der Waals surface area (Å²) in [4.78, 5) is 12.4. The van der Waals surface area contributed by atoms with Gasteiger partial charge in [0.15, 0.2) is 0 Å². The Bertz CT molecular complexity index is 325. The molecule has 2 unspecified atom stereocenters. The lowest BCUT2D eigenvalue weighted by Gasteiger charge is -2.39. The van der Waals surface area contributed by atoms with Crippen LogP contribution >= 0.6 is 15.9 Å². The lowest BCUT2D eigenvalue weighted by Crippen LogP contribution is -2.52. The first-order valence-electron chi connectivity index (χ1n) is 7.53. The van der Waals surface area contributed by atoms with Crippen molar-refractivity contribution in [3.8, 4) is 0 Å². The Balaban J connectivity index is 1.58. The minimum atomic E-state index is 0.0560. The topological polar surface area (TPSA) is 29.1 Å². The molecule has 3 aliphatic rings. The molecule has 0 aromatic rings. The number of alkyl halides is 1. The van der Waals surface area contributed by atoms with Gasteiger partial charge in [-0.3, -0.25) is 4.79 Å². The van der Waals surface area contributed by atoms with E-state index in [0.29, 0.717) is 11.8 Å². The molecule has 2 nitrogen and oxygen atoms in total. The summed E-state index contributed by atoms with van der Waals surface area (Å²) in [5, 5.41) is 4.32. The van der Waals surface area contributed by atoms with Gasteiger partial charge >= 0.3 is 0 Å². The molecule has 2 atom stereocenters. The van der Waals surface area contributed by atoms with Crippen LogP contribution in [0, 0.1) is 23.7 Å². The van der Waals surface area contributed by atoms with Crippen LogP contribution in [-0.2, 0) is 4.79 Å². The molecular weight excluding hydrogens is 290 g/mol. The smallest absolute Gasteiger partial charge is 0.224 e. The average molecular weight is 314 g/mol. The van der Waals surface area contributed by atoms with Gasteiger partial charge in [0, 0.05) is 16.8 Å². The molecule has 1 N–H and O–H groups in total. The lowest BCUT2D eigenvalue weighted by molar-refractivity contribution is -0.125. The predicted octanol–water partition coefficient (Wildman–Crippen LogP) is 3.49. The second-order valence-corrected chi connectivity index (χ2v) is 7.43. The number of carbonyl (C=O) groups excluding carboxylic acids is 1. The Kier molecular flexibility index (Phi) is 3.46. The van der Waals surface area contributed by atoms with Gasteiger partial charge in [0.25, 0.3) is 0 Å². The second kappa shape index (κ2) is 4.81. The van der Waals surface area contributed by atoms with E-state index in [-0.39, 0.29) is 5.54 Å². The number of rotatable bonds is 3. The fraction of sp³-hybridized carbons (Fsp3) is 0.933. The summed E-state index contributed by atoms with van der Waals surface area (Å²) in [6, 6.07) is 0. The molecule has 0 radical (unpaired) electrons. The third-order valence-electron chi connectivity index (χ3n) is 5.58. The molecule has 3 fully saturated rings. The van der Waals surface area contributed by atoms with Crippen molar-refractivity contribution in [1.29, 1.82) is 0 Å². The van der Waals surface area contributed by atoms with Crippen LogP contribution in [0.1, 0.15) is 51.9 Å². The van der Waals surface area contributed by atoms with E-state index in [9.17, 15) is 4.79 Å². The number of halogens is 1. The van der Waals surface area contributed by atoms with E-state index in [2.05, 4.69) is 28.2 Å². The molecule has 3 heteroatoms. The summed E-state index contributed by atoms with van der Waals surface area (Å²) in [7, 11) is 0. The molecule has 0 heterocycles. The van der Waals surface area contributed by atoms with Gasteiger partial charge in [-0.25, -0.2) is 0 Å². The van der Waals surface area contributed by atoms with Crippen LogP contribution in [0.2, 0.25) is 0 Å². The van der Waals surface area contributed by atoms with Crippen molar-refractivity contribution in [2.75, 3.05) is 5.33 Å². The van der Waals surface area contributed by atoms with E-state index < -0.39 is 0 Å². The first-order valence-corrected chi connectivity index (χ1v) is 8.65. The summed E-state index contributed by atoms with van der Waals surface area (Å²) in [5.41, 5.74) is 0.0560. The summed E-state index contributed by atoms with van der Waals surface area (Å²) in [5.74, 6) is 3.03. The first kappa shape index (κ1) is 13.0. The van der Waals surface area contributed by atoms with E-state index in [1.165, 1.54) is 32.1 Å². The van der Waals surface area contributed by atoms with E-state index in [0.717, 1.165) is 35.9 Å². The van der Waals surface area contributed by atoms with Crippen molar-refractivity contribution < 1.29 is 4.79 Å². The Morgan fingerprint density at radius 2 is 1.83 bits per heavy atom. The number of hydrogen-bond acceptors (Lipinski definition) is 1. The van der Waals surface area contributed by atoms with Gasteiger partial charge in [0.2, 0.25) is 5.91 Å². The fourth-order valence-corrected chi connectivity index (χ4v) is 4.86. The van der Waals surface area contributed by atoms with E-state index >= 15 is 0 Å². The lowest BCUT2D eigenvalue weighted by atomic mass is 9.78. The molecule has 0 saturated heterocycles. The van der Waals surface area contributed by atoms with Gasteiger partial charge in [-0.1, -0.05) is 29.3 Å². The van der Waals surface area contributed by atoms with Crippen molar-refractivity contribution in [2.45, 2.75) is 57.4 Å². The number of amides is 1. The number of nitrogens with one attached hydrogen (secondary N) is 1. The van der Waals surface area contributed by atoms with Crippen molar-refractivity contribution in [1.82, 2.24) is 5.32 Å². The Morgan fingerprint density at radius 3 is 2.39 bits per heavy atom. The maximum Gasteiger partial charge on any atom is 0.224 e. The molecule has 1 amide bonds. The highest BCUT2D eigenvalue weighted by Crippen LogP contribution is 2.57. The predicted molar refractivity (Wildman–Crippen MR) is 76.6 cm³/mol. The molecule has 0 spiro atoms. The Hall–Kier alpha value is -0.0500. The molecule has 18 heavy (non-hydrogen) atoms. The van der Waals surface area contributed by atoms with Crippen LogP contribution in [0.3, 0.4) is 0 Å². The van der Waals surface area contributed by atoms with E-state index in [1.807, 2.05) is 0 Å². The van der Waals surface area contributed by atoms with Gasteiger partial charge in [0.05, 0.1) is 0 Å². The molecule has 0 aromatic heterocycles. The van der Waals surface area contributed by atoms with Crippen molar-refractivity contribution in [3.05, 3.63) is 0 Å². The normalized spacial score (nSPS) is 46.6. The minimum Gasteiger partial charge on any atom is -0.350 e. The van der Waals surface area contributed by atoms with Gasteiger partial charge in [-0.2, -0.15) is 0 Å². The quantitative estimate of drug-likeness (QED) is 0.794. The molecule has 3 saturated carbocycles. The van der Waals surface area contributed by atoms with Crippen LogP contribution in [0.15, 0.2) is 0 Å². The molecule has 102 valence electrons. The molecule has 0 aromatic carbocycles. The highest BCUT2D eigenvalue weighted by molar-refractivity contribution is 9.09. The highest BCUT2D eigenvalue weighted by Gasteiger charge is 2.57. The van der Waals surface area contributed by atoms with Crippen molar-refractivity contribution in [2.24, 2.45) is 23.7 Å². The molecule has 3 rings (SSSR count). The van der Waals surface area contributed by atoms with Crippen LogP contribution in [0.25, 0.3) is 0 Å². The molecule has 0 bridgehead atoms. The zero-order valence-corrected chi connectivity index (χ0v) is 12.8. The highest BCUT2D eigenvalue weighted by atomic mass is 79.9. The Labute approximate surface area is 118 Å². The monoisotopic (exact) mass is 313 g/mol. The standard InChI is InChI=1S/C15H24BrNO/c1-10-5-7-15(9-16,8-6-10)17-14(18)13-11-3-2-4-12(11)13/h10-13H,2-9H2,1H3,(H,17,18). The first-order chi connectivity index (χ1) is 8.65. The second-order valence-electron chi connectivity index (χ2n) is 6.87. The van der Waals surface area contributed by atoms with Gasteiger partial charge in [-0.05, 0) is 56.3 Å². The van der Waals surface area contributed by atoms with Gasteiger partial charge in [0.1, 0.15) is 0 Å². The average Bonchev–Trinajstić information content (AvgIpc) is 2.87. The maximum absolute atomic E-state index is 12.4. The van der Waals surface area contributed by atoms with E-state index in [4.69, 9.17) is 0 Å². The molecule has 3 aliphatic carbocycles. The van der Waals surface area contributed by atoms with Crippen molar-refractivity contribution >= 4 is 21.8 Å². The summed E-state index contributed by atoms with van der Waals surface area (Å²) in [6.07, 6.45) is 8.73. The third kappa shape index (κ3) is 2.23. The maximum atomic E-state index is 12.4. The third-order valence-corrected chi connectivity index (χ3v) is 6.66. The summed E-state index contributed by atoms with van der Waals surface area (Å²) in [6.45, 7) is 2.32. The largest absolute Gasteiger partial charge is 0.350 e. The summed E-state index contributed by atoms with van der Waals surface area (Å²) < 4.78 is 0. The summed E-state index contributed by atoms with van der Waals surface area (Å²) >= 11 is 3.63. The molecular formula is C15H24BrNO. The van der Waals surface area contributed by atoms with Crippen LogP contribution in [-0.4, -0.2) is 16.8 Å². The van der Waals surface area contributed by atoms with Crippen LogP contribution in [0.5, 0.6) is 0 Å². The van der Waals surface area contributed by atoms with Crippen molar-refractivity contribution in [3.63, 3.8) is 0 Å². The van der Waals surface area contributed by atoms with Crippen LogP contribution in [0.4, 0.5) is 0 Å². The number of hydrogen-bond donors (Lipinski definition) is 1. The zero-order valence-electron chi connectivity index (χ0n) is 11.3. The fourth-order valence-electron chi connectivity index (χ4n) is 4.16. The zero-order chi connectivity index (χ0) is 12.8. The van der Waals surface area contributed by atoms with E-state index in [1.54, 1.807) is 0 Å². The molecule has 0 aliphatic heterocycles. The van der Waals surface area contributed by atoms with Gasteiger partial charge in [-0.15, -0.1) is 0 Å². The number of carbonyl (C=O) groups is 1. The van der Waals surface area contributed by atoms with Gasteiger partial charge < -0.3 is 5.32 Å². The number of fused-ring (bicyclic) bond motifs is 1. The minimum absolute atomic E-state index is 0.0560. The SMILES string of the molecule is CC1CCC(CBr)(NC(=O)C2C3CCCC32)CC1. The Morgan fingerprint density at radius 1 is 1.22 bits per heavy atom. The van der Waals surface area contributed by atoms with Crippen LogP contribution < -0.4 is 5.32 Å².